The van der Waals surface area contributed by atoms with E-state index in [0.29, 0.717) is 17.2 Å². The predicted molar refractivity (Wildman–Crippen MR) is 78.7 cm³/mol. The van der Waals surface area contributed by atoms with E-state index in [1.54, 1.807) is 24.3 Å². The molecule has 104 valence electrons. The molecule has 1 aromatic heterocycles. The molecule has 20 heavy (non-hydrogen) atoms. The molecule has 5 nitrogen and oxygen atoms in total. The number of phenols is 1. The van der Waals surface area contributed by atoms with Gasteiger partial charge in [-0.1, -0.05) is 6.07 Å². The number of aromatic hydroxyl groups is 1. The lowest BCUT2D eigenvalue weighted by molar-refractivity contribution is 0.0959. The number of thiophene rings is 1. The van der Waals surface area contributed by atoms with Gasteiger partial charge in [-0.3, -0.25) is 4.79 Å². The molecule has 2 aromatic rings. The summed E-state index contributed by atoms with van der Waals surface area (Å²) >= 11 is 1.35. The van der Waals surface area contributed by atoms with Crippen LogP contribution in [0.3, 0.4) is 0 Å². The number of phenolic OH excluding ortho intramolecular Hbond substituents is 1. The number of carbonyl (C=O) groups excluding carboxylic acids is 1. The highest BCUT2D eigenvalue weighted by molar-refractivity contribution is 7.12. The lowest BCUT2D eigenvalue weighted by Gasteiger charge is -2.05. The first-order chi connectivity index (χ1) is 9.70. The van der Waals surface area contributed by atoms with Crippen molar-refractivity contribution in [3.63, 3.8) is 0 Å². The van der Waals surface area contributed by atoms with E-state index in [0.717, 1.165) is 5.56 Å². The van der Waals surface area contributed by atoms with Crippen LogP contribution in [0, 0.1) is 0 Å². The fraction of sp³-hybridized carbons (Fsp3) is 0.143. The third kappa shape index (κ3) is 3.58. The fourth-order valence-corrected chi connectivity index (χ4v) is 2.12. The third-order valence-electron chi connectivity index (χ3n) is 2.41. The number of hydrazone groups is 1. The zero-order valence-corrected chi connectivity index (χ0v) is 11.7. The second kappa shape index (κ2) is 6.72. The third-order valence-corrected chi connectivity index (χ3v) is 3.28. The Kier molecular flexibility index (Phi) is 4.73. The SMILES string of the molecule is CCOc1cc(C=NNC(=O)c2cccs2)ccc1O. The molecule has 0 unspecified atom stereocenters. The van der Waals surface area contributed by atoms with Crippen LogP contribution in [-0.4, -0.2) is 23.8 Å². The minimum atomic E-state index is -0.250. The number of rotatable bonds is 5. The molecule has 0 bridgehead atoms. The maximum absolute atomic E-state index is 11.6. The van der Waals surface area contributed by atoms with Gasteiger partial charge in [0.15, 0.2) is 11.5 Å². The summed E-state index contributed by atoms with van der Waals surface area (Å²) in [6, 6.07) is 8.38. The van der Waals surface area contributed by atoms with Gasteiger partial charge in [-0.25, -0.2) is 5.43 Å². The van der Waals surface area contributed by atoms with Gasteiger partial charge >= 0.3 is 0 Å². The summed E-state index contributed by atoms with van der Waals surface area (Å²) in [6.07, 6.45) is 1.49. The Balaban J connectivity index is 2.01. The second-order valence-electron chi connectivity index (χ2n) is 3.84. The van der Waals surface area contributed by atoms with Crippen molar-refractivity contribution in [2.24, 2.45) is 5.10 Å². The van der Waals surface area contributed by atoms with Crippen LogP contribution in [-0.2, 0) is 0 Å². The van der Waals surface area contributed by atoms with Crippen molar-refractivity contribution in [1.82, 2.24) is 5.43 Å². The van der Waals surface area contributed by atoms with Gasteiger partial charge in [-0.05, 0) is 42.1 Å². The average molecular weight is 290 g/mol. The molecule has 0 fully saturated rings. The van der Waals surface area contributed by atoms with Crippen molar-refractivity contribution in [1.29, 1.82) is 0 Å². The van der Waals surface area contributed by atoms with E-state index in [1.807, 2.05) is 12.3 Å². The molecule has 0 aliphatic heterocycles. The number of hydrogen-bond donors (Lipinski definition) is 2. The molecule has 2 N–H and O–H groups in total. The fourth-order valence-electron chi connectivity index (χ4n) is 1.51. The minimum absolute atomic E-state index is 0.0756. The van der Waals surface area contributed by atoms with E-state index in [9.17, 15) is 9.90 Å². The Hall–Kier alpha value is -2.34. The molecule has 1 aromatic carbocycles. The summed E-state index contributed by atoms with van der Waals surface area (Å²) in [4.78, 5) is 12.2. The van der Waals surface area contributed by atoms with Crippen LogP contribution >= 0.6 is 11.3 Å². The highest BCUT2D eigenvalue weighted by Crippen LogP contribution is 2.26. The first kappa shape index (κ1) is 14.1. The molecule has 1 heterocycles. The number of nitrogens with one attached hydrogen (secondary N) is 1. The van der Waals surface area contributed by atoms with Crippen LogP contribution in [0.2, 0.25) is 0 Å². The van der Waals surface area contributed by atoms with Crippen molar-refractivity contribution in [3.05, 3.63) is 46.2 Å². The standard InChI is InChI=1S/C14H14N2O3S/c1-2-19-12-8-10(5-6-11(12)17)9-15-16-14(18)13-4-3-7-20-13/h3-9,17H,2H2,1H3,(H,16,18). The van der Waals surface area contributed by atoms with Gasteiger partial charge in [0.05, 0.1) is 17.7 Å². The molecule has 0 aliphatic carbocycles. The molecule has 0 saturated heterocycles. The molecule has 6 heteroatoms. The lowest BCUT2D eigenvalue weighted by Crippen LogP contribution is -2.16. The van der Waals surface area contributed by atoms with E-state index in [2.05, 4.69) is 10.5 Å². The summed E-state index contributed by atoms with van der Waals surface area (Å²) in [5, 5.41) is 15.3. The largest absolute Gasteiger partial charge is 0.504 e. The van der Waals surface area contributed by atoms with Gasteiger partial charge in [-0.15, -0.1) is 11.3 Å². The number of benzene rings is 1. The Morgan fingerprint density at radius 1 is 1.50 bits per heavy atom. The minimum Gasteiger partial charge on any atom is -0.504 e. The highest BCUT2D eigenvalue weighted by Gasteiger charge is 2.04. The second-order valence-corrected chi connectivity index (χ2v) is 4.78. The number of hydrogen-bond acceptors (Lipinski definition) is 5. The van der Waals surface area contributed by atoms with Crippen molar-refractivity contribution in [2.45, 2.75) is 6.92 Å². The monoisotopic (exact) mass is 290 g/mol. The molecular weight excluding hydrogens is 276 g/mol. The van der Waals surface area contributed by atoms with Crippen LogP contribution in [0.15, 0.2) is 40.8 Å². The lowest BCUT2D eigenvalue weighted by atomic mass is 10.2. The van der Waals surface area contributed by atoms with E-state index < -0.39 is 0 Å². The Labute approximate surface area is 120 Å². The van der Waals surface area contributed by atoms with Crippen molar-refractivity contribution < 1.29 is 14.6 Å². The summed E-state index contributed by atoms with van der Waals surface area (Å²) in [6.45, 7) is 2.30. The quantitative estimate of drug-likeness (QED) is 0.657. The number of carbonyl (C=O) groups is 1. The van der Waals surface area contributed by atoms with Gasteiger partial charge in [0, 0.05) is 0 Å². The van der Waals surface area contributed by atoms with Crippen molar-refractivity contribution in [2.75, 3.05) is 6.61 Å². The van der Waals surface area contributed by atoms with Gasteiger partial charge in [0.2, 0.25) is 0 Å². The summed E-state index contributed by atoms with van der Waals surface area (Å²) < 4.78 is 5.27. The van der Waals surface area contributed by atoms with E-state index in [4.69, 9.17) is 4.74 Å². The Morgan fingerprint density at radius 3 is 3.05 bits per heavy atom. The van der Waals surface area contributed by atoms with Gasteiger partial charge < -0.3 is 9.84 Å². The maximum Gasteiger partial charge on any atom is 0.281 e. The molecule has 1 amide bonds. The highest BCUT2D eigenvalue weighted by atomic mass is 32.1. The summed E-state index contributed by atoms with van der Waals surface area (Å²) in [5.41, 5.74) is 3.16. The molecule has 0 radical (unpaired) electrons. The zero-order valence-electron chi connectivity index (χ0n) is 10.9. The molecule has 0 atom stereocenters. The van der Waals surface area contributed by atoms with E-state index >= 15 is 0 Å². The first-order valence-corrected chi connectivity index (χ1v) is 6.91. The van der Waals surface area contributed by atoms with E-state index in [-0.39, 0.29) is 11.7 Å². The van der Waals surface area contributed by atoms with Crippen LogP contribution in [0.5, 0.6) is 11.5 Å². The van der Waals surface area contributed by atoms with Gasteiger partial charge in [0.1, 0.15) is 0 Å². The molecule has 0 aliphatic rings. The number of nitrogens with zero attached hydrogens (tertiary/aromatic N) is 1. The first-order valence-electron chi connectivity index (χ1n) is 6.03. The van der Waals surface area contributed by atoms with Crippen LogP contribution in [0.1, 0.15) is 22.2 Å². The molecule has 0 spiro atoms. The summed E-state index contributed by atoms with van der Waals surface area (Å²) in [7, 11) is 0. The molecule has 2 rings (SSSR count). The number of ether oxygens (including phenoxy) is 1. The zero-order chi connectivity index (χ0) is 14.4. The normalized spacial score (nSPS) is 10.7. The Bertz CT molecular complexity index is 609. The summed E-state index contributed by atoms with van der Waals surface area (Å²) in [5.74, 6) is 0.215. The van der Waals surface area contributed by atoms with Crippen LogP contribution < -0.4 is 10.2 Å². The van der Waals surface area contributed by atoms with Crippen molar-refractivity contribution >= 4 is 23.5 Å². The van der Waals surface area contributed by atoms with Crippen LogP contribution in [0.25, 0.3) is 0 Å². The van der Waals surface area contributed by atoms with Crippen molar-refractivity contribution in [3.8, 4) is 11.5 Å². The molecular formula is C14H14N2O3S. The Morgan fingerprint density at radius 2 is 2.35 bits per heavy atom. The van der Waals surface area contributed by atoms with Gasteiger partial charge in [0.25, 0.3) is 5.91 Å². The maximum atomic E-state index is 11.6. The van der Waals surface area contributed by atoms with E-state index in [1.165, 1.54) is 23.6 Å². The molecule has 0 saturated carbocycles. The number of amides is 1. The van der Waals surface area contributed by atoms with Gasteiger partial charge in [-0.2, -0.15) is 5.10 Å². The topological polar surface area (TPSA) is 70.9 Å². The van der Waals surface area contributed by atoms with Crippen LogP contribution in [0.4, 0.5) is 0 Å². The predicted octanol–water partition coefficient (Wildman–Crippen LogP) is 2.62. The smallest absolute Gasteiger partial charge is 0.281 e. The average Bonchev–Trinajstić information content (AvgIpc) is 2.96.